The van der Waals surface area contributed by atoms with E-state index in [4.69, 9.17) is 22.1 Å². The van der Waals surface area contributed by atoms with Crippen LogP contribution in [-0.2, 0) is 0 Å². The van der Waals surface area contributed by atoms with Crippen molar-refractivity contribution in [1.82, 2.24) is 15.7 Å². The first-order valence-electron chi connectivity index (χ1n) is 4.63. The van der Waals surface area contributed by atoms with Crippen LogP contribution in [0.15, 0.2) is 30.6 Å². The Hall–Kier alpha value is -1.81. The van der Waals surface area contributed by atoms with Gasteiger partial charge in [0.05, 0.1) is 10.7 Å². The second kappa shape index (κ2) is 4.37. The molecule has 1 aromatic carbocycles. The van der Waals surface area contributed by atoms with Crippen LogP contribution >= 0.6 is 11.6 Å². The lowest BCUT2D eigenvalue weighted by Crippen LogP contribution is -1.91. The molecule has 4 nitrogen and oxygen atoms in total. The zero-order valence-corrected chi connectivity index (χ0v) is 9.32. The van der Waals surface area contributed by atoms with Crippen LogP contribution in [0.1, 0.15) is 5.69 Å². The summed E-state index contributed by atoms with van der Waals surface area (Å²) in [4.78, 5) is 7.92. The zero-order chi connectivity index (χ0) is 11.5. The third-order valence-corrected chi connectivity index (χ3v) is 2.22. The van der Waals surface area contributed by atoms with E-state index >= 15 is 0 Å². The highest BCUT2D eigenvalue weighted by atomic mass is 35.5. The number of hydrogen-bond donors (Lipinski definition) is 0. The zero-order valence-electron chi connectivity index (χ0n) is 8.57. The van der Waals surface area contributed by atoms with Crippen LogP contribution < -0.4 is 10.5 Å². The number of nitrogens with one attached hydrogen (secondary N) is 1. The normalized spacial score (nSPS) is 10.1. The van der Waals surface area contributed by atoms with E-state index in [-0.39, 0.29) is 0 Å². The molecule has 2 aromatic rings. The van der Waals surface area contributed by atoms with E-state index in [1.165, 1.54) is 12.4 Å². The van der Waals surface area contributed by atoms with Gasteiger partial charge in [0.1, 0.15) is 12.1 Å². The Morgan fingerprint density at radius 2 is 2.06 bits per heavy atom. The van der Waals surface area contributed by atoms with Crippen LogP contribution in [0.4, 0.5) is 5.69 Å². The van der Waals surface area contributed by atoms with Gasteiger partial charge in [-0.25, -0.2) is 9.97 Å². The second-order valence-corrected chi connectivity index (χ2v) is 3.65. The maximum Gasteiger partial charge on any atom is 0.222 e. The van der Waals surface area contributed by atoms with Crippen molar-refractivity contribution < 1.29 is 4.74 Å². The van der Waals surface area contributed by atoms with Crippen molar-refractivity contribution in [3.63, 3.8) is 0 Å². The van der Waals surface area contributed by atoms with Gasteiger partial charge in [0, 0.05) is 11.8 Å². The first-order valence-corrected chi connectivity index (χ1v) is 5.00. The molecular formula is C11H9ClN3O. The van der Waals surface area contributed by atoms with Gasteiger partial charge in [-0.1, -0.05) is 11.6 Å². The van der Waals surface area contributed by atoms with E-state index in [1.54, 1.807) is 18.2 Å². The minimum atomic E-state index is 0.344. The Kier molecular flexibility index (Phi) is 2.92. The van der Waals surface area contributed by atoms with Gasteiger partial charge in [0.15, 0.2) is 0 Å². The van der Waals surface area contributed by atoms with Crippen molar-refractivity contribution >= 4 is 17.3 Å². The molecule has 0 saturated carbocycles. The quantitative estimate of drug-likeness (QED) is 0.802. The molecule has 2 rings (SSSR count). The van der Waals surface area contributed by atoms with Crippen LogP contribution in [0.3, 0.4) is 0 Å². The maximum atomic E-state index is 7.38. The molecule has 0 amide bonds. The molecule has 16 heavy (non-hydrogen) atoms. The molecule has 0 bridgehead atoms. The molecule has 1 N–H and O–H groups in total. The summed E-state index contributed by atoms with van der Waals surface area (Å²) in [6.45, 7) is 1.85. The number of aromatic nitrogens is 2. The molecule has 1 radical (unpaired) electrons. The minimum absolute atomic E-state index is 0.344. The predicted octanol–water partition coefficient (Wildman–Crippen LogP) is 3.15. The highest BCUT2D eigenvalue weighted by Gasteiger charge is 2.04. The van der Waals surface area contributed by atoms with Crippen LogP contribution in [-0.4, -0.2) is 9.97 Å². The van der Waals surface area contributed by atoms with Gasteiger partial charge >= 0.3 is 0 Å². The maximum absolute atomic E-state index is 7.38. The number of nitrogens with zero attached hydrogens (tertiary/aromatic N) is 2. The Labute approximate surface area is 98.0 Å². The summed E-state index contributed by atoms with van der Waals surface area (Å²) in [6, 6.07) is 6.48. The molecular weight excluding hydrogens is 226 g/mol. The smallest absolute Gasteiger partial charge is 0.222 e. The molecule has 0 aliphatic rings. The summed E-state index contributed by atoms with van der Waals surface area (Å²) in [6.07, 6.45) is 1.43. The molecule has 1 aromatic heterocycles. The summed E-state index contributed by atoms with van der Waals surface area (Å²) in [5.74, 6) is 0.919. The van der Waals surface area contributed by atoms with E-state index in [1.807, 2.05) is 6.92 Å². The third kappa shape index (κ3) is 2.41. The van der Waals surface area contributed by atoms with Gasteiger partial charge in [-0.05, 0) is 25.1 Å². The fraction of sp³-hybridized carbons (Fsp3) is 0.0909. The van der Waals surface area contributed by atoms with E-state index in [2.05, 4.69) is 9.97 Å². The molecule has 0 fully saturated rings. The van der Waals surface area contributed by atoms with E-state index < -0.39 is 0 Å². The van der Waals surface area contributed by atoms with Gasteiger partial charge in [-0.15, -0.1) is 0 Å². The Morgan fingerprint density at radius 3 is 2.75 bits per heavy atom. The lowest BCUT2D eigenvalue weighted by Gasteiger charge is -2.06. The topological polar surface area (TPSA) is 58.8 Å². The summed E-state index contributed by atoms with van der Waals surface area (Å²) >= 11 is 5.93. The van der Waals surface area contributed by atoms with Crippen molar-refractivity contribution in [1.29, 1.82) is 0 Å². The predicted molar refractivity (Wildman–Crippen MR) is 61.1 cm³/mol. The molecule has 1 heterocycles. The Balaban J connectivity index is 2.27. The van der Waals surface area contributed by atoms with Crippen molar-refractivity contribution in [2.24, 2.45) is 0 Å². The molecule has 0 spiro atoms. The van der Waals surface area contributed by atoms with Gasteiger partial charge in [-0.3, -0.25) is 0 Å². The number of benzene rings is 1. The average Bonchev–Trinajstić information content (AvgIpc) is 2.22. The van der Waals surface area contributed by atoms with Crippen LogP contribution in [0.2, 0.25) is 5.02 Å². The molecule has 0 aliphatic carbocycles. The summed E-state index contributed by atoms with van der Waals surface area (Å²) in [5, 5.41) is 0.392. The van der Waals surface area contributed by atoms with E-state index in [0.717, 1.165) is 5.69 Å². The Bertz CT molecular complexity index is 516. The number of aryl methyl sites for hydroxylation is 1. The first-order chi connectivity index (χ1) is 7.65. The largest absolute Gasteiger partial charge is 0.437 e. The van der Waals surface area contributed by atoms with E-state index in [0.29, 0.717) is 22.3 Å². The number of ether oxygens (including phenoxy) is 1. The van der Waals surface area contributed by atoms with Crippen molar-refractivity contribution in [3.8, 4) is 11.6 Å². The number of halogens is 1. The van der Waals surface area contributed by atoms with E-state index in [9.17, 15) is 0 Å². The summed E-state index contributed by atoms with van der Waals surface area (Å²) < 4.78 is 5.48. The minimum Gasteiger partial charge on any atom is -0.437 e. The standard InChI is InChI=1S/C11H9ClN3O/c1-7-4-11(15-6-14-7)16-10-3-2-8(13)5-9(10)12/h2-6,13H,1H3. The molecule has 0 atom stereocenters. The number of hydrogen-bond acceptors (Lipinski definition) is 3. The first kappa shape index (κ1) is 10.7. The summed E-state index contributed by atoms with van der Waals surface area (Å²) in [5.41, 5.74) is 8.54. The van der Waals surface area contributed by atoms with Crippen LogP contribution in [0.5, 0.6) is 11.6 Å². The molecule has 5 heteroatoms. The van der Waals surface area contributed by atoms with Gasteiger partial charge in [0.2, 0.25) is 5.88 Å². The summed E-state index contributed by atoms with van der Waals surface area (Å²) in [7, 11) is 0. The lowest BCUT2D eigenvalue weighted by atomic mass is 10.3. The fourth-order valence-electron chi connectivity index (χ4n) is 1.18. The van der Waals surface area contributed by atoms with Crippen LogP contribution in [0, 0.1) is 6.92 Å². The van der Waals surface area contributed by atoms with Crippen molar-refractivity contribution in [3.05, 3.63) is 41.3 Å². The number of rotatable bonds is 2. The van der Waals surface area contributed by atoms with Crippen molar-refractivity contribution in [2.45, 2.75) is 6.92 Å². The third-order valence-electron chi connectivity index (χ3n) is 1.93. The second-order valence-electron chi connectivity index (χ2n) is 3.24. The molecule has 0 saturated heterocycles. The lowest BCUT2D eigenvalue weighted by molar-refractivity contribution is 0.461. The van der Waals surface area contributed by atoms with Crippen molar-refractivity contribution in [2.75, 3.05) is 0 Å². The van der Waals surface area contributed by atoms with Gasteiger partial charge < -0.3 is 10.5 Å². The SMILES string of the molecule is Cc1cc(Oc2ccc([NH])cc2Cl)ncn1. The molecule has 0 aliphatic heterocycles. The highest BCUT2D eigenvalue weighted by Crippen LogP contribution is 2.30. The molecule has 0 unspecified atom stereocenters. The molecule has 81 valence electrons. The fourth-order valence-corrected chi connectivity index (χ4v) is 1.40. The van der Waals surface area contributed by atoms with Gasteiger partial charge in [0.25, 0.3) is 0 Å². The highest BCUT2D eigenvalue weighted by molar-refractivity contribution is 6.32. The Morgan fingerprint density at radius 1 is 1.25 bits per heavy atom. The average molecular weight is 235 g/mol. The monoisotopic (exact) mass is 234 g/mol. The van der Waals surface area contributed by atoms with Gasteiger partial charge in [-0.2, -0.15) is 0 Å². The van der Waals surface area contributed by atoms with Crippen LogP contribution in [0.25, 0.3) is 0 Å².